The standard InChI is InChI=1S/C22H26O3/c23-20(17-10-4-1-5-11-17)16-21(18-12-6-2-7-13-18)25-22(24)19-14-8-3-9-15-19/h2-3,6-9,12-15,17,20-21,23H,1,4-5,10-11,16H2/t20-,21-/m0/s1. The monoisotopic (exact) mass is 338 g/mol. The highest BCUT2D eigenvalue weighted by molar-refractivity contribution is 5.89. The second-order valence-electron chi connectivity index (χ2n) is 6.87. The van der Waals surface area contributed by atoms with Gasteiger partial charge in [-0.05, 0) is 36.5 Å². The molecule has 1 fully saturated rings. The highest BCUT2D eigenvalue weighted by Crippen LogP contribution is 2.32. The van der Waals surface area contributed by atoms with Gasteiger partial charge in [-0.15, -0.1) is 0 Å². The number of hydrogen-bond acceptors (Lipinski definition) is 3. The Morgan fingerprint density at radius 2 is 1.56 bits per heavy atom. The van der Waals surface area contributed by atoms with Crippen LogP contribution in [0.2, 0.25) is 0 Å². The van der Waals surface area contributed by atoms with E-state index in [-0.39, 0.29) is 5.97 Å². The molecule has 0 aliphatic heterocycles. The van der Waals surface area contributed by atoms with Crippen molar-refractivity contribution in [3.05, 3.63) is 71.8 Å². The zero-order valence-corrected chi connectivity index (χ0v) is 14.5. The number of carbonyl (C=O) groups excluding carboxylic acids is 1. The molecular formula is C22H26O3. The van der Waals surface area contributed by atoms with Gasteiger partial charge >= 0.3 is 5.97 Å². The Morgan fingerprint density at radius 3 is 2.20 bits per heavy atom. The number of rotatable bonds is 6. The maximum Gasteiger partial charge on any atom is 0.338 e. The van der Waals surface area contributed by atoms with E-state index in [2.05, 4.69) is 0 Å². The molecule has 1 saturated carbocycles. The third-order valence-electron chi connectivity index (χ3n) is 5.08. The van der Waals surface area contributed by atoms with Crippen LogP contribution in [0.3, 0.4) is 0 Å². The van der Waals surface area contributed by atoms with Gasteiger partial charge in [0.15, 0.2) is 0 Å². The number of aliphatic hydroxyl groups excluding tert-OH is 1. The summed E-state index contributed by atoms with van der Waals surface area (Å²) in [6, 6.07) is 18.7. The maximum atomic E-state index is 12.5. The van der Waals surface area contributed by atoms with E-state index in [0.717, 1.165) is 18.4 Å². The summed E-state index contributed by atoms with van der Waals surface area (Å²) in [6.07, 6.45) is 5.34. The van der Waals surface area contributed by atoms with Gasteiger partial charge in [0, 0.05) is 6.42 Å². The molecule has 0 radical (unpaired) electrons. The third kappa shape index (κ3) is 4.93. The molecule has 0 saturated heterocycles. The van der Waals surface area contributed by atoms with Crippen molar-refractivity contribution in [2.75, 3.05) is 0 Å². The van der Waals surface area contributed by atoms with Gasteiger partial charge in [0.05, 0.1) is 11.7 Å². The molecular weight excluding hydrogens is 312 g/mol. The van der Waals surface area contributed by atoms with Gasteiger partial charge in [-0.1, -0.05) is 67.8 Å². The first kappa shape index (κ1) is 17.7. The average Bonchev–Trinajstić information content (AvgIpc) is 2.69. The normalized spacial score (nSPS) is 17.6. The molecule has 2 aromatic carbocycles. The number of benzene rings is 2. The lowest BCUT2D eigenvalue weighted by Gasteiger charge is -2.29. The highest BCUT2D eigenvalue weighted by Gasteiger charge is 2.27. The van der Waals surface area contributed by atoms with Gasteiger partial charge in [-0.25, -0.2) is 4.79 Å². The van der Waals surface area contributed by atoms with Crippen LogP contribution >= 0.6 is 0 Å². The summed E-state index contributed by atoms with van der Waals surface area (Å²) < 4.78 is 5.79. The Kier molecular flexibility index (Phi) is 6.24. The Morgan fingerprint density at radius 1 is 0.960 bits per heavy atom. The van der Waals surface area contributed by atoms with Crippen LogP contribution in [0.5, 0.6) is 0 Å². The SMILES string of the molecule is O=C(O[C@@H](C[C@H](O)C1CCCCC1)c1ccccc1)c1ccccc1. The second-order valence-corrected chi connectivity index (χ2v) is 6.87. The molecule has 3 heteroatoms. The zero-order chi connectivity index (χ0) is 17.5. The third-order valence-corrected chi connectivity index (χ3v) is 5.08. The molecule has 0 bridgehead atoms. The summed E-state index contributed by atoms with van der Waals surface area (Å²) in [5.41, 5.74) is 1.47. The molecule has 0 unspecified atom stereocenters. The molecule has 1 aliphatic rings. The van der Waals surface area contributed by atoms with Gasteiger partial charge in [0.2, 0.25) is 0 Å². The fraction of sp³-hybridized carbons (Fsp3) is 0.409. The van der Waals surface area contributed by atoms with Crippen LogP contribution in [0.1, 0.15) is 60.6 Å². The van der Waals surface area contributed by atoms with Gasteiger partial charge < -0.3 is 9.84 Å². The van der Waals surface area contributed by atoms with Crippen LogP contribution in [-0.4, -0.2) is 17.2 Å². The van der Waals surface area contributed by atoms with E-state index in [4.69, 9.17) is 4.74 Å². The number of ether oxygens (including phenoxy) is 1. The first-order valence-corrected chi connectivity index (χ1v) is 9.23. The fourth-order valence-corrected chi connectivity index (χ4v) is 3.62. The number of carbonyl (C=O) groups is 1. The molecule has 1 aliphatic carbocycles. The molecule has 2 atom stereocenters. The van der Waals surface area contributed by atoms with Gasteiger partial charge in [0.1, 0.15) is 6.10 Å². The Hall–Kier alpha value is -2.13. The summed E-state index contributed by atoms with van der Waals surface area (Å²) in [4.78, 5) is 12.5. The fourth-order valence-electron chi connectivity index (χ4n) is 3.62. The van der Waals surface area contributed by atoms with Gasteiger partial charge in [0.25, 0.3) is 0 Å². The first-order valence-electron chi connectivity index (χ1n) is 9.23. The van der Waals surface area contributed by atoms with E-state index in [1.54, 1.807) is 12.1 Å². The minimum absolute atomic E-state index is 0.315. The predicted octanol–water partition coefficient (Wildman–Crippen LogP) is 4.92. The van der Waals surface area contributed by atoms with E-state index < -0.39 is 12.2 Å². The van der Waals surface area contributed by atoms with Crippen LogP contribution in [0.4, 0.5) is 0 Å². The topological polar surface area (TPSA) is 46.5 Å². The van der Waals surface area contributed by atoms with Crippen LogP contribution in [0, 0.1) is 5.92 Å². The highest BCUT2D eigenvalue weighted by atomic mass is 16.5. The van der Waals surface area contributed by atoms with Crippen LogP contribution in [0.25, 0.3) is 0 Å². The van der Waals surface area contributed by atoms with E-state index in [0.29, 0.717) is 17.9 Å². The molecule has 0 spiro atoms. The Balaban J connectivity index is 1.72. The molecule has 0 amide bonds. The van der Waals surface area contributed by atoms with Crippen LogP contribution in [-0.2, 0) is 4.74 Å². The van der Waals surface area contributed by atoms with Crippen molar-refractivity contribution < 1.29 is 14.6 Å². The average molecular weight is 338 g/mol. The molecule has 132 valence electrons. The summed E-state index contributed by atoms with van der Waals surface area (Å²) >= 11 is 0. The van der Waals surface area contributed by atoms with Crippen LogP contribution in [0.15, 0.2) is 60.7 Å². The van der Waals surface area contributed by atoms with E-state index in [1.165, 1.54) is 19.3 Å². The lowest BCUT2D eigenvalue weighted by atomic mass is 9.83. The summed E-state index contributed by atoms with van der Waals surface area (Å²) in [5.74, 6) is -0.0271. The predicted molar refractivity (Wildman–Crippen MR) is 98.2 cm³/mol. The maximum absolute atomic E-state index is 12.5. The molecule has 3 nitrogen and oxygen atoms in total. The van der Waals surface area contributed by atoms with Gasteiger partial charge in [-0.2, -0.15) is 0 Å². The van der Waals surface area contributed by atoms with Crippen LogP contribution < -0.4 is 0 Å². The molecule has 0 heterocycles. The summed E-state index contributed by atoms with van der Waals surface area (Å²) in [6.45, 7) is 0. The molecule has 0 aromatic heterocycles. The Bertz CT molecular complexity index is 647. The molecule has 3 rings (SSSR count). The molecule has 25 heavy (non-hydrogen) atoms. The van der Waals surface area contributed by atoms with E-state index in [1.807, 2.05) is 48.5 Å². The van der Waals surface area contributed by atoms with E-state index >= 15 is 0 Å². The van der Waals surface area contributed by atoms with Crippen molar-refractivity contribution in [2.45, 2.75) is 50.7 Å². The number of esters is 1. The number of hydrogen-bond donors (Lipinski definition) is 1. The van der Waals surface area contributed by atoms with Crippen molar-refractivity contribution in [2.24, 2.45) is 5.92 Å². The quantitative estimate of drug-likeness (QED) is 0.761. The minimum atomic E-state index is -0.436. The Labute approximate surface area is 149 Å². The summed E-state index contributed by atoms with van der Waals surface area (Å²) in [5, 5.41) is 10.7. The second kappa shape index (κ2) is 8.82. The van der Waals surface area contributed by atoms with Gasteiger partial charge in [-0.3, -0.25) is 0 Å². The van der Waals surface area contributed by atoms with Crippen molar-refractivity contribution in [1.29, 1.82) is 0 Å². The largest absolute Gasteiger partial charge is 0.454 e. The van der Waals surface area contributed by atoms with Crippen molar-refractivity contribution in [3.8, 4) is 0 Å². The lowest BCUT2D eigenvalue weighted by Crippen LogP contribution is -2.26. The number of aliphatic hydroxyl groups is 1. The smallest absolute Gasteiger partial charge is 0.338 e. The first-order chi connectivity index (χ1) is 12.2. The van der Waals surface area contributed by atoms with Crippen molar-refractivity contribution in [1.82, 2.24) is 0 Å². The van der Waals surface area contributed by atoms with Crippen molar-refractivity contribution in [3.63, 3.8) is 0 Å². The van der Waals surface area contributed by atoms with Crippen molar-refractivity contribution >= 4 is 5.97 Å². The summed E-state index contributed by atoms with van der Waals surface area (Å²) in [7, 11) is 0. The minimum Gasteiger partial charge on any atom is -0.454 e. The lowest BCUT2D eigenvalue weighted by molar-refractivity contribution is -0.00119. The zero-order valence-electron chi connectivity index (χ0n) is 14.5. The van der Waals surface area contributed by atoms with E-state index in [9.17, 15) is 9.90 Å². The molecule has 1 N–H and O–H groups in total. The molecule has 2 aromatic rings.